The van der Waals surface area contributed by atoms with E-state index in [1.54, 1.807) is 0 Å². The van der Waals surface area contributed by atoms with Crippen LogP contribution in [0, 0.1) is 0 Å². The van der Waals surface area contributed by atoms with Crippen LogP contribution in [0.2, 0.25) is 0 Å². The molecule has 0 unspecified atom stereocenters. The quantitative estimate of drug-likeness (QED) is 0.544. The highest BCUT2D eigenvalue weighted by Crippen LogP contribution is 2.14. The molecule has 66 valence electrons. The van der Waals surface area contributed by atoms with Crippen LogP contribution < -0.4 is 5.73 Å². The number of nitrogen functional groups attached to an aromatic ring is 1. The molecule has 0 aliphatic carbocycles. The Morgan fingerprint density at radius 2 is 2.00 bits per heavy atom. The van der Waals surface area contributed by atoms with Gasteiger partial charge in [-0.25, -0.2) is 0 Å². The van der Waals surface area contributed by atoms with Crippen molar-refractivity contribution in [3.63, 3.8) is 0 Å². The van der Waals surface area contributed by atoms with Crippen molar-refractivity contribution in [1.82, 2.24) is 0 Å². The minimum Gasteiger partial charge on any atom is -0.399 e. The zero-order chi connectivity index (χ0) is 9.26. The molecule has 3 nitrogen and oxygen atoms in total. The van der Waals surface area contributed by atoms with Crippen molar-refractivity contribution in [3.8, 4) is 0 Å². The van der Waals surface area contributed by atoms with Gasteiger partial charge < -0.3 is 10.6 Å². The predicted octanol–water partition coefficient (Wildman–Crippen LogP) is 1.72. The first-order valence-electron chi connectivity index (χ1n) is 3.88. The van der Waals surface area contributed by atoms with E-state index in [1.807, 2.05) is 24.3 Å². The van der Waals surface area contributed by atoms with Gasteiger partial charge in [0.15, 0.2) is 0 Å². The van der Waals surface area contributed by atoms with Gasteiger partial charge in [0.25, 0.3) is 0 Å². The van der Waals surface area contributed by atoms with Crippen LogP contribution in [-0.4, -0.2) is 10.8 Å². The van der Waals surface area contributed by atoms with Crippen LogP contribution in [0.4, 0.5) is 5.69 Å². The van der Waals surface area contributed by atoms with Gasteiger partial charge >= 0.3 is 0 Å². The van der Waals surface area contributed by atoms with Crippen molar-refractivity contribution < 1.29 is 4.84 Å². The minimum atomic E-state index is 0.520. The van der Waals surface area contributed by atoms with Crippen LogP contribution in [0.5, 0.6) is 0 Å². The number of hydrogen-bond donors (Lipinski definition) is 1. The second kappa shape index (κ2) is 3.14. The maximum Gasteiger partial charge on any atom is 0.204 e. The molecule has 1 aromatic carbocycles. The monoisotopic (exact) mass is 192 g/mol. The Morgan fingerprint density at radius 1 is 1.31 bits per heavy atom. The van der Waals surface area contributed by atoms with Gasteiger partial charge in [-0.15, -0.1) is 0 Å². The molecule has 1 aliphatic heterocycles. The van der Waals surface area contributed by atoms with Crippen LogP contribution in [0.15, 0.2) is 29.4 Å². The van der Waals surface area contributed by atoms with E-state index in [0.717, 1.165) is 17.0 Å². The lowest BCUT2D eigenvalue weighted by Gasteiger charge is -1.97. The van der Waals surface area contributed by atoms with Gasteiger partial charge in [0, 0.05) is 5.69 Å². The van der Waals surface area contributed by atoms with E-state index in [9.17, 15) is 0 Å². The highest BCUT2D eigenvalue weighted by molar-refractivity contribution is 7.80. The second-order valence-electron chi connectivity index (χ2n) is 2.80. The first-order chi connectivity index (χ1) is 6.25. The normalized spacial score (nSPS) is 15.4. The number of nitrogens with zero attached hydrogens (tertiary/aromatic N) is 1. The zero-order valence-corrected chi connectivity index (χ0v) is 7.67. The van der Waals surface area contributed by atoms with Gasteiger partial charge in [0.05, 0.1) is 12.1 Å². The van der Waals surface area contributed by atoms with Gasteiger partial charge in [-0.3, -0.25) is 0 Å². The summed E-state index contributed by atoms with van der Waals surface area (Å²) in [7, 11) is 0. The minimum absolute atomic E-state index is 0.520. The average Bonchev–Trinajstić information content (AvgIpc) is 2.53. The average molecular weight is 192 g/mol. The molecular weight excluding hydrogens is 184 g/mol. The summed E-state index contributed by atoms with van der Waals surface area (Å²) in [6.07, 6.45) is 0.610. The maximum absolute atomic E-state index is 5.56. The maximum atomic E-state index is 5.56. The summed E-state index contributed by atoms with van der Waals surface area (Å²) in [6.45, 7) is 0. The molecule has 0 fully saturated rings. The van der Waals surface area contributed by atoms with Gasteiger partial charge in [-0.2, -0.15) is 0 Å². The van der Waals surface area contributed by atoms with E-state index in [1.165, 1.54) is 0 Å². The lowest BCUT2D eigenvalue weighted by molar-refractivity contribution is 0.348. The van der Waals surface area contributed by atoms with Crippen molar-refractivity contribution in [1.29, 1.82) is 0 Å². The number of thiocarbonyl (C=S) groups is 1. The molecule has 1 aromatic rings. The molecule has 0 saturated carbocycles. The van der Waals surface area contributed by atoms with Crippen LogP contribution in [0.1, 0.15) is 12.0 Å². The summed E-state index contributed by atoms with van der Waals surface area (Å²) >= 11 is 4.86. The van der Waals surface area contributed by atoms with E-state index in [4.69, 9.17) is 22.8 Å². The summed E-state index contributed by atoms with van der Waals surface area (Å²) in [6, 6.07) is 7.48. The molecule has 0 saturated heterocycles. The fourth-order valence-electron chi connectivity index (χ4n) is 1.14. The first-order valence-corrected chi connectivity index (χ1v) is 4.29. The Balaban J connectivity index is 2.27. The summed E-state index contributed by atoms with van der Waals surface area (Å²) in [5.41, 5.74) is 8.17. The topological polar surface area (TPSA) is 47.6 Å². The molecular formula is C9H8N2OS. The number of oxime groups is 1. The van der Waals surface area contributed by atoms with Crippen LogP contribution in [0.3, 0.4) is 0 Å². The fraction of sp³-hybridized carbons (Fsp3) is 0.111. The van der Waals surface area contributed by atoms with E-state index >= 15 is 0 Å². The smallest absolute Gasteiger partial charge is 0.204 e. The molecule has 0 amide bonds. The van der Waals surface area contributed by atoms with Gasteiger partial charge in [0.1, 0.15) is 0 Å². The van der Waals surface area contributed by atoms with E-state index in [-0.39, 0.29) is 0 Å². The van der Waals surface area contributed by atoms with Crippen LogP contribution in [-0.2, 0) is 4.84 Å². The molecule has 0 aromatic heterocycles. The van der Waals surface area contributed by atoms with Crippen molar-refractivity contribution in [2.75, 3.05) is 5.73 Å². The zero-order valence-electron chi connectivity index (χ0n) is 6.86. The molecule has 0 bridgehead atoms. The Kier molecular flexibility index (Phi) is 1.98. The standard InChI is InChI=1S/C9H8N2OS/c10-7-3-1-6(2-4-7)8-5-9(13)12-11-8/h1-4H,5,10H2. The second-order valence-corrected chi connectivity index (χ2v) is 3.26. The summed E-state index contributed by atoms with van der Waals surface area (Å²) < 4.78 is 0. The van der Waals surface area contributed by atoms with Crippen LogP contribution >= 0.6 is 12.2 Å². The Hall–Kier alpha value is -1.42. The van der Waals surface area contributed by atoms with Crippen molar-refractivity contribution in [2.45, 2.75) is 6.42 Å². The van der Waals surface area contributed by atoms with Crippen molar-refractivity contribution in [2.24, 2.45) is 5.16 Å². The fourth-order valence-corrected chi connectivity index (χ4v) is 1.31. The molecule has 2 N–H and O–H groups in total. The first kappa shape index (κ1) is 8.19. The van der Waals surface area contributed by atoms with Gasteiger partial charge in [-0.05, 0) is 29.9 Å². The molecule has 13 heavy (non-hydrogen) atoms. The third-order valence-corrected chi connectivity index (χ3v) is 2.03. The summed E-state index contributed by atoms with van der Waals surface area (Å²) in [5.74, 6) is 0. The number of rotatable bonds is 1. The SMILES string of the molecule is Nc1ccc(C2=NOC(=S)C2)cc1. The number of hydrogen-bond acceptors (Lipinski definition) is 4. The molecule has 4 heteroatoms. The molecule has 2 rings (SSSR count). The van der Waals surface area contributed by atoms with Crippen LogP contribution in [0.25, 0.3) is 0 Å². The van der Waals surface area contributed by atoms with Gasteiger partial charge in [-0.1, -0.05) is 17.3 Å². The number of benzene rings is 1. The number of nitrogens with two attached hydrogens (primary N) is 1. The lowest BCUT2D eigenvalue weighted by atomic mass is 10.1. The Labute approximate surface area is 81.2 Å². The molecule has 1 heterocycles. The molecule has 0 spiro atoms. The van der Waals surface area contributed by atoms with Crippen molar-refractivity contribution in [3.05, 3.63) is 29.8 Å². The highest BCUT2D eigenvalue weighted by Gasteiger charge is 2.15. The summed E-state index contributed by atoms with van der Waals surface area (Å²) in [5, 5.41) is 4.37. The largest absolute Gasteiger partial charge is 0.399 e. The number of anilines is 1. The molecule has 0 radical (unpaired) electrons. The predicted molar refractivity (Wildman–Crippen MR) is 55.7 cm³/mol. The summed E-state index contributed by atoms with van der Waals surface area (Å²) in [4.78, 5) is 4.84. The third kappa shape index (κ3) is 1.67. The lowest BCUT2D eigenvalue weighted by Crippen LogP contribution is -1.99. The molecule has 0 atom stereocenters. The molecule has 1 aliphatic rings. The third-order valence-electron chi connectivity index (χ3n) is 1.81. The van der Waals surface area contributed by atoms with E-state index in [0.29, 0.717) is 11.5 Å². The highest BCUT2D eigenvalue weighted by atomic mass is 32.1. The Bertz CT molecular complexity index is 370. The Morgan fingerprint density at radius 3 is 2.54 bits per heavy atom. The van der Waals surface area contributed by atoms with Gasteiger partial charge in [0.2, 0.25) is 5.05 Å². The van der Waals surface area contributed by atoms with Crippen molar-refractivity contribution >= 4 is 28.7 Å². The van der Waals surface area contributed by atoms with E-state index in [2.05, 4.69) is 5.16 Å². The van der Waals surface area contributed by atoms with E-state index < -0.39 is 0 Å².